The highest BCUT2D eigenvalue weighted by molar-refractivity contribution is 6.04. The van der Waals surface area contributed by atoms with Crippen LogP contribution in [0.5, 0.6) is 0 Å². The van der Waals surface area contributed by atoms with Crippen molar-refractivity contribution in [3.05, 3.63) is 48.0 Å². The molecule has 0 saturated carbocycles. The number of benzene rings is 1. The van der Waals surface area contributed by atoms with Crippen LogP contribution in [-0.2, 0) is 30.5 Å². The molecule has 2 aliphatic rings. The number of fused-ring (bicyclic) bond motifs is 1. The molecule has 120 valence electrons. The highest BCUT2D eigenvalue weighted by atomic mass is 16.6. The summed E-state index contributed by atoms with van der Waals surface area (Å²) in [5.74, 6) is -1.96. The normalized spacial score (nSPS) is 32.3. The molecule has 1 aromatic rings. The summed E-state index contributed by atoms with van der Waals surface area (Å²) in [6.45, 7) is 3.30. The molecule has 3 rings (SSSR count). The first kappa shape index (κ1) is 15.5. The lowest BCUT2D eigenvalue weighted by atomic mass is 9.67. The fraction of sp³-hybridized carbons (Fsp3) is 0.389. The lowest BCUT2D eigenvalue weighted by molar-refractivity contribution is -0.166. The second-order valence-electron chi connectivity index (χ2n) is 6.39. The summed E-state index contributed by atoms with van der Waals surface area (Å²) in [6, 6.07) is 9.22. The van der Waals surface area contributed by atoms with Crippen molar-refractivity contribution in [3.63, 3.8) is 0 Å². The molecule has 5 heteroatoms. The molecular formula is C18H18O5. The molecule has 0 radical (unpaired) electrons. The monoisotopic (exact) mass is 314 g/mol. The Kier molecular flexibility index (Phi) is 3.59. The van der Waals surface area contributed by atoms with Gasteiger partial charge in [0, 0.05) is 12.3 Å². The van der Waals surface area contributed by atoms with Gasteiger partial charge in [-0.2, -0.15) is 0 Å². The second kappa shape index (κ2) is 5.33. The van der Waals surface area contributed by atoms with Crippen LogP contribution in [0, 0.1) is 11.3 Å². The van der Waals surface area contributed by atoms with Gasteiger partial charge in [0.1, 0.15) is 12.2 Å². The highest BCUT2D eigenvalue weighted by Crippen LogP contribution is 2.51. The molecule has 0 unspecified atom stereocenters. The average molecular weight is 314 g/mol. The van der Waals surface area contributed by atoms with Gasteiger partial charge in [0.05, 0.1) is 0 Å². The third-order valence-corrected chi connectivity index (χ3v) is 4.77. The summed E-state index contributed by atoms with van der Waals surface area (Å²) in [4.78, 5) is 36.7. The molecule has 23 heavy (non-hydrogen) atoms. The van der Waals surface area contributed by atoms with E-state index in [2.05, 4.69) is 0 Å². The first-order chi connectivity index (χ1) is 10.9. The molecule has 5 nitrogen and oxygen atoms in total. The molecule has 1 aromatic carbocycles. The Morgan fingerprint density at radius 3 is 2.65 bits per heavy atom. The van der Waals surface area contributed by atoms with Gasteiger partial charge in [-0.15, -0.1) is 0 Å². The lowest BCUT2D eigenvalue weighted by Gasteiger charge is -2.33. The number of carbonyl (C=O) groups excluding carboxylic acids is 3. The van der Waals surface area contributed by atoms with Crippen molar-refractivity contribution < 1.29 is 23.9 Å². The largest absolute Gasteiger partial charge is 0.460 e. The van der Waals surface area contributed by atoms with Gasteiger partial charge in [-0.25, -0.2) is 0 Å². The van der Waals surface area contributed by atoms with Crippen molar-refractivity contribution in [1.29, 1.82) is 0 Å². The van der Waals surface area contributed by atoms with Crippen LogP contribution >= 0.6 is 0 Å². The maximum atomic E-state index is 12.6. The van der Waals surface area contributed by atoms with E-state index in [1.54, 1.807) is 13.0 Å². The Hall–Kier alpha value is -2.43. The molecule has 1 aliphatic carbocycles. The van der Waals surface area contributed by atoms with Gasteiger partial charge in [0.2, 0.25) is 0 Å². The van der Waals surface area contributed by atoms with Crippen molar-refractivity contribution in [2.45, 2.75) is 32.5 Å². The fourth-order valence-electron chi connectivity index (χ4n) is 3.28. The van der Waals surface area contributed by atoms with Crippen molar-refractivity contribution in [1.82, 2.24) is 0 Å². The molecule has 0 N–H and O–H groups in total. The molecule has 0 aromatic heterocycles. The predicted octanol–water partition coefficient (Wildman–Crippen LogP) is 2.20. The van der Waals surface area contributed by atoms with Crippen molar-refractivity contribution in [2.75, 3.05) is 0 Å². The molecule has 3 atom stereocenters. The maximum absolute atomic E-state index is 12.6. The first-order valence-electron chi connectivity index (χ1n) is 7.53. The van der Waals surface area contributed by atoms with Gasteiger partial charge in [-0.05, 0) is 31.6 Å². The minimum Gasteiger partial charge on any atom is -0.460 e. The second-order valence-corrected chi connectivity index (χ2v) is 6.39. The third-order valence-electron chi connectivity index (χ3n) is 4.77. The Labute approximate surface area is 134 Å². The van der Waals surface area contributed by atoms with E-state index in [1.165, 1.54) is 13.0 Å². The number of carbonyl (C=O) groups is 3. The van der Waals surface area contributed by atoms with Gasteiger partial charge in [0.15, 0.2) is 11.2 Å². The van der Waals surface area contributed by atoms with Crippen LogP contribution < -0.4 is 0 Å². The number of esters is 2. The Morgan fingerprint density at radius 1 is 1.26 bits per heavy atom. The minimum absolute atomic E-state index is 0.0791. The first-order valence-corrected chi connectivity index (χ1v) is 7.53. The zero-order chi connectivity index (χ0) is 16.7. The molecule has 1 heterocycles. The Morgan fingerprint density at radius 2 is 1.96 bits per heavy atom. The summed E-state index contributed by atoms with van der Waals surface area (Å²) >= 11 is 0. The summed E-state index contributed by atoms with van der Waals surface area (Å²) in [5, 5.41) is 0. The van der Waals surface area contributed by atoms with Crippen LogP contribution in [-0.4, -0.2) is 23.3 Å². The van der Waals surface area contributed by atoms with Crippen LogP contribution in [0.1, 0.15) is 25.8 Å². The molecule has 1 saturated heterocycles. The molecule has 1 aliphatic heterocycles. The van der Waals surface area contributed by atoms with E-state index in [0.29, 0.717) is 0 Å². The molecule has 0 amide bonds. The van der Waals surface area contributed by atoms with E-state index in [4.69, 9.17) is 9.47 Å². The minimum atomic E-state index is -1.47. The smallest absolute Gasteiger partial charge is 0.324 e. The van der Waals surface area contributed by atoms with Crippen molar-refractivity contribution in [2.24, 2.45) is 11.3 Å². The van der Waals surface area contributed by atoms with E-state index >= 15 is 0 Å². The number of hydrogen-bond donors (Lipinski definition) is 0. The van der Waals surface area contributed by atoms with Crippen molar-refractivity contribution >= 4 is 17.7 Å². The summed E-state index contributed by atoms with van der Waals surface area (Å²) < 4.78 is 10.8. The van der Waals surface area contributed by atoms with E-state index in [9.17, 15) is 14.4 Å². The van der Waals surface area contributed by atoms with Crippen LogP contribution in [0.25, 0.3) is 0 Å². The summed E-state index contributed by atoms with van der Waals surface area (Å²) in [6.07, 6.45) is 3.07. The van der Waals surface area contributed by atoms with Crippen LogP contribution in [0.2, 0.25) is 0 Å². The predicted molar refractivity (Wildman–Crippen MR) is 81.1 cm³/mol. The molecule has 0 spiro atoms. The van der Waals surface area contributed by atoms with Gasteiger partial charge in [0.25, 0.3) is 0 Å². The standard InChI is InChI=1S/C18H18O5/c1-17-9-8-13(19)10-14(17)18(2,16(21)23-17)15(20)22-11-12-6-4-3-5-7-12/h3-9,14H,10-11H2,1-2H3/t14-,17+,18-/m0/s1. The number of ketones is 1. The Bertz CT molecular complexity index is 693. The van der Waals surface area contributed by atoms with E-state index in [-0.39, 0.29) is 18.8 Å². The quantitative estimate of drug-likeness (QED) is 0.632. The zero-order valence-corrected chi connectivity index (χ0v) is 13.1. The maximum Gasteiger partial charge on any atom is 0.324 e. The van der Waals surface area contributed by atoms with Gasteiger partial charge in [-0.1, -0.05) is 30.3 Å². The van der Waals surface area contributed by atoms with Gasteiger partial charge in [-0.3, -0.25) is 14.4 Å². The van der Waals surface area contributed by atoms with Crippen molar-refractivity contribution in [3.8, 4) is 0 Å². The zero-order valence-electron chi connectivity index (χ0n) is 13.1. The topological polar surface area (TPSA) is 69.7 Å². The SMILES string of the molecule is C[C@]1(C(=O)OCc2ccccc2)C(=O)O[C@]2(C)C=CC(=O)C[C@H]12. The van der Waals surface area contributed by atoms with E-state index < -0.39 is 28.9 Å². The van der Waals surface area contributed by atoms with E-state index in [0.717, 1.165) is 5.56 Å². The number of hydrogen-bond acceptors (Lipinski definition) is 5. The molecule has 1 fully saturated rings. The van der Waals surface area contributed by atoms with Crippen LogP contribution in [0.15, 0.2) is 42.5 Å². The van der Waals surface area contributed by atoms with Crippen LogP contribution in [0.3, 0.4) is 0 Å². The number of rotatable bonds is 3. The molecular weight excluding hydrogens is 296 g/mol. The Balaban J connectivity index is 1.82. The highest BCUT2D eigenvalue weighted by Gasteiger charge is 2.65. The summed E-state index contributed by atoms with van der Waals surface area (Å²) in [7, 11) is 0. The fourth-order valence-corrected chi connectivity index (χ4v) is 3.28. The number of allylic oxidation sites excluding steroid dienone is 1. The van der Waals surface area contributed by atoms with Gasteiger partial charge >= 0.3 is 11.9 Å². The summed E-state index contributed by atoms with van der Waals surface area (Å²) in [5.41, 5.74) is -1.58. The van der Waals surface area contributed by atoms with E-state index in [1.807, 2.05) is 30.3 Å². The molecule has 0 bridgehead atoms. The number of ether oxygens (including phenoxy) is 2. The van der Waals surface area contributed by atoms with Gasteiger partial charge < -0.3 is 9.47 Å². The van der Waals surface area contributed by atoms with Crippen LogP contribution in [0.4, 0.5) is 0 Å². The average Bonchev–Trinajstić information content (AvgIpc) is 2.74. The lowest BCUT2D eigenvalue weighted by Crippen LogP contribution is -2.45. The third kappa shape index (κ3) is 2.46.